The SMILES string of the molecule is CC1=CCC(N2C3=C(C=CCC3)C3C=C(c4c#cc(N(c5cccc6c5oc5ccccc56)c5cccc6oc7c(c56)C=CC7)cc4)C=CC32)CC1. The molecule has 3 unspecified atom stereocenters. The molecule has 11 rings (SSSR count). The second kappa shape index (κ2) is 11.6. The van der Waals surface area contributed by atoms with Gasteiger partial charge in [0, 0.05) is 46.0 Å². The third-order valence-electron chi connectivity index (χ3n) is 11.9. The largest absolute Gasteiger partial charge is 0.460 e. The number of rotatable bonds is 5. The topological polar surface area (TPSA) is 32.8 Å². The predicted molar refractivity (Wildman–Crippen MR) is 212 cm³/mol. The zero-order valence-corrected chi connectivity index (χ0v) is 29.2. The maximum absolute atomic E-state index is 6.62. The Morgan fingerprint density at radius 3 is 2.60 bits per heavy atom. The van der Waals surface area contributed by atoms with E-state index < -0.39 is 0 Å². The molecular weight excluding hydrogens is 637 g/mol. The fraction of sp³-hybridized carbons (Fsp3) is 0.208. The van der Waals surface area contributed by atoms with Crippen LogP contribution in [-0.2, 0) is 6.42 Å². The second-order valence-corrected chi connectivity index (χ2v) is 14.9. The minimum Gasteiger partial charge on any atom is -0.460 e. The van der Waals surface area contributed by atoms with Gasteiger partial charge in [-0.1, -0.05) is 96.6 Å². The van der Waals surface area contributed by atoms with Gasteiger partial charge in [-0.25, -0.2) is 0 Å². The van der Waals surface area contributed by atoms with E-state index in [1.165, 1.54) is 29.6 Å². The maximum Gasteiger partial charge on any atom is 0.159 e. The van der Waals surface area contributed by atoms with Crippen LogP contribution in [0.25, 0.3) is 44.6 Å². The highest BCUT2D eigenvalue weighted by molar-refractivity contribution is 6.12. The van der Waals surface area contributed by atoms with Crippen LogP contribution < -0.4 is 4.90 Å². The first-order chi connectivity index (χ1) is 25.7. The van der Waals surface area contributed by atoms with Crippen molar-refractivity contribution in [2.75, 3.05) is 4.90 Å². The number of benzene rings is 3. The molecule has 4 aromatic carbocycles. The molecule has 4 nitrogen and oxygen atoms in total. The van der Waals surface area contributed by atoms with E-state index in [2.05, 4.69) is 138 Å². The summed E-state index contributed by atoms with van der Waals surface area (Å²) in [7, 11) is 0. The molecule has 0 fully saturated rings. The van der Waals surface area contributed by atoms with Crippen LogP contribution in [0.1, 0.15) is 55.9 Å². The van der Waals surface area contributed by atoms with E-state index in [0.29, 0.717) is 18.0 Å². The van der Waals surface area contributed by atoms with E-state index in [-0.39, 0.29) is 0 Å². The normalized spacial score (nSPS) is 21.8. The van der Waals surface area contributed by atoms with Crippen LogP contribution >= 0.6 is 0 Å². The van der Waals surface area contributed by atoms with Gasteiger partial charge in [-0.05, 0) is 92.6 Å². The van der Waals surface area contributed by atoms with E-state index in [0.717, 1.165) is 92.5 Å². The van der Waals surface area contributed by atoms with Crippen molar-refractivity contribution in [1.29, 1.82) is 0 Å². The van der Waals surface area contributed by atoms with Crippen LogP contribution in [0.3, 0.4) is 0 Å². The van der Waals surface area contributed by atoms with Crippen molar-refractivity contribution in [3.8, 4) is 0 Å². The van der Waals surface area contributed by atoms with Crippen molar-refractivity contribution < 1.29 is 8.83 Å². The van der Waals surface area contributed by atoms with Crippen molar-refractivity contribution in [2.45, 2.75) is 57.5 Å². The lowest BCUT2D eigenvalue weighted by Crippen LogP contribution is -2.41. The number of hydrogen-bond donors (Lipinski definition) is 0. The number of furan rings is 2. The van der Waals surface area contributed by atoms with Crippen LogP contribution in [0.4, 0.5) is 17.1 Å². The van der Waals surface area contributed by atoms with E-state index in [9.17, 15) is 0 Å². The molecule has 5 aliphatic rings. The maximum atomic E-state index is 6.62. The van der Waals surface area contributed by atoms with Gasteiger partial charge in [0.05, 0.1) is 28.5 Å². The predicted octanol–water partition coefficient (Wildman–Crippen LogP) is 12.3. The van der Waals surface area contributed by atoms with Gasteiger partial charge >= 0.3 is 0 Å². The first-order valence-electron chi connectivity index (χ1n) is 18.8. The highest BCUT2D eigenvalue weighted by Gasteiger charge is 2.42. The zero-order chi connectivity index (χ0) is 34.3. The first-order valence-corrected chi connectivity index (χ1v) is 18.8. The van der Waals surface area contributed by atoms with Crippen LogP contribution in [0, 0.1) is 18.1 Å². The van der Waals surface area contributed by atoms with Gasteiger partial charge in [0.2, 0.25) is 0 Å². The summed E-state index contributed by atoms with van der Waals surface area (Å²) in [6, 6.07) is 33.6. The Balaban J connectivity index is 1.01. The van der Waals surface area contributed by atoms with E-state index in [1.54, 1.807) is 5.70 Å². The smallest absolute Gasteiger partial charge is 0.159 e. The van der Waals surface area contributed by atoms with Gasteiger partial charge in [0.15, 0.2) is 5.58 Å². The first kappa shape index (κ1) is 29.8. The van der Waals surface area contributed by atoms with Crippen molar-refractivity contribution in [3.63, 3.8) is 0 Å². The molecule has 6 aromatic rings. The molecule has 0 saturated heterocycles. The molecule has 0 N–H and O–H groups in total. The molecule has 3 heterocycles. The number of anilines is 3. The molecule has 4 aliphatic carbocycles. The molecule has 252 valence electrons. The zero-order valence-electron chi connectivity index (χ0n) is 29.2. The lowest BCUT2D eigenvalue weighted by Gasteiger charge is -2.39. The lowest BCUT2D eigenvalue weighted by molar-refractivity contribution is 0.197. The van der Waals surface area contributed by atoms with Crippen molar-refractivity contribution >= 4 is 61.6 Å². The fourth-order valence-corrected chi connectivity index (χ4v) is 9.46. The monoisotopic (exact) mass is 674 g/mol. The molecule has 1 aliphatic heterocycles. The standard InChI is InChI=1S/C48H38N2O2/c1-30-19-24-33(25-20-30)49-40-13-4-2-9-35(40)39-29-32(23-28-41(39)49)31-21-26-34(27-22-31)50(42-14-8-18-46-47(42)38-12-7-17-45(38)51-46)43-15-6-11-37-36-10-3-5-16-44(36)52-48(37)43/h2-3,5-12,14-16,18-19,21,23,26,28-29,33,39,41H,4,13,17,20,24-25H2,1H3. The Morgan fingerprint density at radius 1 is 0.808 bits per heavy atom. The van der Waals surface area contributed by atoms with Crippen LogP contribution in [0.15, 0.2) is 141 Å². The molecule has 0 bridgehead atoms. The number of para-hydroxylation sites is 2. The highest BCUT2D eigenvalue weighted by Crippen LogP contribution is 2.49. The summed E-state index contributed by atoms with van der Waals surface area (Å²) in [5, 5.41) is 3.29. The average molecular weight is 675 g/mol. The molecule has 2 aromatic heterocycles. The van der Waals surface area contributed by atoms with Crippen molar-refractivity contribution in [1.82, 2.24) is 4.90 Å². The summed E-state index contributed by atoms with van der Waals surface area (Å²) in [6.45, 7) is 2.28. The van der Waals surface area contributed by atoms with Crippen LogP contribution in [0.2, 0.25) is 0 Å². The number of hydrogen-bond acceptors (Lipinski definition) is 4. The third kappa shape index (κ3) is 4.48. The molecule has 0 amide bonds. The Labute approximate surface area is 304 Å². The molecule has 0 saturated carbocycles. The Bertz CT molecular complexity index is 2620. The van der Waals surface area contributed by atoms with Crippen molar-refractivity contribution in [2.24, 2.45) is 5.92 Å². The fourth-order valence-electron chi connectivity index (χ4n) is 9.46. The number of allylic oxidation sites excluding steroid dienone is 7. The van der Waals surface area contributed by atoms with Gasteiger partial charge in [-0.15, -0.1) is 0 Å². The van der Waals surface area contributed by atoms with Gasteiger partial charge in [-0.3, -0.25) is 4.90 Å². The Hall–Kier alpha value is -5.92. The van der Waals surface area contributed by atoms with Crippen molar-refractivity contribution in [3.05, 3.63) is 161 Å². The highest BCUT2D eigenvalue weighted by atomic mass is 16.3. The molecule has 52 heavy (non-hydrogen) atoms. The molecule has 0 spiro atoms. The minimum atomic E-state index is 0.350. The van der Waals surface area contributed by atoms with Crippen LogP contribution in [0.5, 0.6) is 0 Å². The van der Waals surface area contributed by atoms with E-state index >= 15 is 0 Å². The summed E-state index contributed by atoms with van der Waals surface area (Å²) >= 11 is 0. The number of fused-ring (bicyclic) bond motifs is 8. The third-order valence-corrected chi connectivity index (χ3v) is 11.9. The van der Waals surface area contributed by atoms with Crippen LogP contribution in [-0.4, -0.2) is 17.0 Å². The summed E-state index contributed by atoms with van der Waals surface area (Å²) in [5.41, 5.74) is 13.5. The quantitative estimate of drug-likeness (QED) is 0.170. The van der Waals surface area contributed by atoms with Gasteiger partial charge in [0.1, 0.15) is 16.9 Å². The summed E-state index contributed by atoms with van der Waals surface area (Å²) in [4.78, 5) is 5.06. The molecule has 3 atom stereocenters. The summed E-state index contributed by atoms with van der Waals surface area (Å²) in [5.74, 6) is 1.36. The Kier molecular flexibility index (Phi) is 6.61. The van der Waals surface area contributed by atoms with Gasteiger partial charge in [0.25, 0.3) is 0 Å². The summed E-state index contributed by atoms with van der Waals surface area (Å²) < 4.78 is 13.0. The van der Waals surface area contributed by atoms with E-state index in [1.807, 2.05) is 12.1 Å². The average Bonchev–Trinajstić information content (AvgIpc) is 3.96. The number of nitrogens with zero attached hydrogens (tertiary/aromatic N) is 2. The van der Waals surface area contributed by atoms with Gasteiger partial charge < -0.3 is 13.7 Å². The molecule has 4 heteroatoms. The minimum absolute atomic E-state index is 0.350. The van der Waals surface area contributed by atoms with E-state index in [4.69, 9.17) is 8.83 Å². The lowest BCUT2D eigenvalue weighted by atomic mass is 9.84. The molecular formula is C48H38N2O2. The second-order valence-electron chi connectivity index (χ2n) is 14.9. The summed E-state index contributed by atoms with van der Waals surface area (Å²) in [6.07, 6.45) is 25.6. The van der Waals surface area contributed by atoms with Gasteiger partial charge in [-0.2, -0.15) is 0 Å². The Morgan fingerprint density at radius 2 is 1.69 bits per heavy atom. The molecule has 0 radical (unpaired) electrons.